The molecule has 0 bridgehead atoms. The van der Waals surface area contributed by atoms with Gasteiger partial charge in [0.25, 0.3) is 0 Å². The molecule has 0 N–H and O–H groups in total. The van der Waals surface area contributed by atoms with Gasteiger partial charge < -0.3 is 4.74 Å². The summed E-state index contributed by atoms with van der Waals surface area (Å²) in [4.78, 5) is 2.64. The van der Waals surface area contributed by atoms with Crippen molar-refractivity contribution in [2.24, 2.45) is 11.8 Å². The fourth-order valence-corrected chi connectivity index (χ4v) is 3.62. The molecule has 1 aromatic carbocycles. The number of rotatable bonds is 3. The summed E-state index contributed by atoms with van der Waals surface area (Å²) in [6, 6.07) is 8.53. The van der Waals surface area contributed by atoms with Gasteiger partial charge in [0.05, 0.1) is 7.11 Å². The molecule has 0 unspecified atom stereocenters. The number of hydrogen-bond acceptors (Lipinski definition) is 2. The summed E-state index contributed by atoms with van der Waals surface area (Å²) in [7, 11) is 1.72. The van der Waals surface area contributed by atoms with Crippen LogP contribution in [0.15, 0.2) is 24.3 Å². The fourth-order valence-electron chi connectivity index (χ4n) is 3.62. The highest BCUT2D eigenvalue weighted by Crippen LogP contribution is 2.36. The van der Waals surface area contributed by atoms with Crippen LogP contribution >= 0.6 is 0 Å². The molecule has 2 heteroatoms. The second-order valence-electron chi connectivity index (χ2n) is 5.85. The second kappa shape index (κ2) is 5.31. The number of fused-ring (bicyclic) bond motifs is 1. The minimum absolute atomic E-state index is 0.953. The van der Waals surface area contributed by atoms with Crippen molar-refractivity contribution >= 4 is 0 Å². The quantitative estimate of drug-likeness (QED) is 0.810. The van der Waals surface area contributed by atoms with Crippen LogP contribution in [0, 0.1) is 11.8 Å². The highest BCUT2D eigenvalue weighted by molar-refractivity contribution is 5.27. The molecule has 18 heavy (non-hydrogen) atoms. The van der Waals surface area contributed by atoms with E-state index in [0.717, 1.165) is 24.1 Å². The summed E-state index contributed by atoms with van der Waals surface area (Å²) >= 11 is 0. The molecule has 1 aliphatic carbocycles. The normalized spacial score (nSPS) is 28.1. The standard InChI is InChI=1S/C16H23NO/c1-18-16-8-6-13(7-9-16)10-17-11-14-4-2-3-5-15(14)12-17/h6-9,14-15H,2-5,10-12H2,1H3/t14-,15-/m1/s1. The van der Waals surface area contributed by atoms with Crippen LogP contribution < -0.4 is 4.74 Å². The topological polar surface area (TPSA) is 12.5 Å². The molecule has 3 rings (SSSR count). The molecular formula is C16H23NO. The molecule has 0 amide bonds. The molecule has 2 nitrogen and oxygen atoms in total. The Morgan fingerprint density at radius 3 is 2.22 bits per heavy atom. The highest BCUT2D eigenvalue weighted by atomic mass is 16.5. The molecule has 0 aromatic heterocycles. The van der Waals surface area contributed by atoms with Crippen molar-refractivity contribution in [3.63, 3.8) is 0 Å². The first kappa shape index (κ1) is 12.0. The van der Waals surface area contributed by atoms with Crippen molar-refractivity contribution in [3.8, 4) is 5.75 Å². The largest absolute Gasteiger partial charge is 0.497 e. The first-order valence-electron chi connectivity index (χ1n) is 7.20. The van der Waals surface area contributed by atoms with Gasteiger partial charge in [0.15, 0.2) is 0 Å². The fraction of sp³-hybridized carbons (Fsp3) is 0.625. The van der Waals surface area contributed by atoms with Gasteiger partial charge in [-0.05, 0) is 42.4 Å². The summed E-state index contributed by atoms with van der Waals surface area (Å²) in [6.07, 6.45) is 5.84. The van der Waals surface area contributed by atoms with E-state index in [9.17, 15) is 0 Å². The van der Waals surface area contributed by atoms with Gasteiger partial charge in [-0.3, -0.25) is 4.90 Å². The van der Waals surface area contributed by atoms with E-state index >= 15 is 0 Å². The maximum Gasteiger partial charge on any atom is 0.118 e. The van der Waals surface area contributed by atoms with Crippen LogP contribution in [0.1, 0.15) is 31.2 Å². The first-order valence-corrected chi connectivity index (χ1v) is 7.20. The zero-order valence-electron chi connectivity index (χ0n) is 11.3. The lowest BCUT2D eigenvalue weighted by molar-refractivity contribution is 0.299. The van der Waals surface area contributed by atoms with E-state index in [2.05, 4.69) is 29.2 Å². The van der Waals surface area contributed by atoms with Crippen molar-refractivity contribution in [1.82, 2.24) is 4.90 Å². The Labute approximate surface area is 110 Å². The SMILES string of the molecule is COc1ccc(CN2C[C@H]3CCCC[C@@H]3C2)cc1. The Kier molecular flexibility index (Phi) is 3.55. The number of methoxy groups -OCH3 is 1. The van der Waals surface area contributed by atoms with Gasteiger partial charge in [-0.15, -0.1) is 0 Å². The molecule has 0 spiro atoms. The molecular weight excluding hydrogens is 222 g/mol. The van der Waals surface area contributed by atoms with Crippen molar-refractivity contribution in [2.75, 3.05) is 20.2 Å². The predicted molar refractivity (Wildman–Crippen MR) is 73.7 cm³/mol. The number of hydrogen-bond donors (Lipinski definition) is 0. The zero-order valence-corrected chi connectivity index (χ0v) is 11.3. The Hall–Kier alpha value is -1.02. The van der Waals surface area contributed by atoms with Crippen molar-refractivity contribution in [3.05, 3.63) is 29.8 Å². The molecule has 1 aromatic rings. The van der Waals surface area contributed by atoms with Gasteiger partial charge in [-0.25, -0.2) is 0 Å². The Morgan fingerprint density at radius 1 is 1.06 bits per heavy atom. The molecule has 1 saturated carbocycles. The van der Waals surface area contributed by atoms with E-state index < -0.39 is 0 Å². The van der Waals surface area contributed by atoms with Crippen molar-refractivity contribution < 1.29 is 4.74 Å². The third-order valence-corrected chi connectivity index (χ3v) is 4.62. The van der Waals surface area contributed by atoms with Gasteiger partial charge >= 0.3 is 0 Å². The van der Waals surface area contributed by atoms with Crippen LogP contribution in [-0.2, 0) is 6.54 Å². The summed E-state index contributed by atoms with van der Waals surface area (Å²) in [5.41, 5.74) is 1.41. The molecule has 1 saturated heterocycles. The van der Waals surface area contributed by atoms with Crippen LogP contribution in [0.2, 0.25) is 0 Å². The van der Waals surface area contributed by atoms with Crippen LogP contribution in [0.4, 0.5) is 0 Å². The smallest absolute Gasteiger partial charge is 0.118 e. The summed E-state index contributed by atoms with van der Waals surface area (Å²) in [6.45, 7) is 3.74. The van der Waals surface area contributed by atoms with E-state index in [1.807, 2.05) is 0 Å². The van der Waals surface area contributed by atoms with E-state index in [0.29, 0.717) is 0 Å². The second-order valence-corrected chi connectivity index (χ2v) is 5.85. The van der Waals surface area contributed by atoms with E-state index in [-0.39, 0.29) is 0 Å². The van der Waals surface area contributed by atoms with Gasteiger partial charge in [-0.2, -0.15) is 0 Å². The number of benzene rings is 1. The molecule has 2 fully saturated rings. The van der Waals surface area contributed by atoms with Crippen LogP contribution in [0.3, 0.4) is 0 Å². The molecule has 2 atom stereocenters. The third-order valence-electron chi connectivity index (χ3n) is 4.62. The molecule has 2 aliphatic rings. The molecule has 98 valence electrons. The number of nitrogens with zero attached hydrogens (tertiary/aromatic N) is 1. The van der Waals surface area contributed by atoms with Crippen LogP contribution in [0.5, 0.6) is 5.75 Å². The average Bonchev–Trinajstić information content (AvgIpc) is 2.82. The Bertz CT molecular complexity index is 373. The predicted octanol–water partition coefficient (Wildman–Crippen LogP) is 3.32. The summed E-state index contributed by atoms with van der Waals surface area (Å²) in [5.74, 6) is 2.92. The van der Waals surface area contributed by atoms with Gasteiger partial charge in [0.2, 0.25) is 0 Å². The minimum atomic E-state index is 0.953. The Balaban J connectivity index is 1.59. The maximum absolute atomic E-state index is 5.20. The van der Waals surface area contributed by atoms with Crippen LogP contribution in [0.25, 0.3) is 0 Å². The Morgan fingerprint density at radius 2 is 1.67 bits per heavy atom. The van der Waals surface area contributed by atoms with Gasteiger partial charge in [0, 0.05) is 19.6 Å². The highest BCUT2D eigenvalue weighted by Gasteiger charge is 2.33. The lowest BCUT2D eigenvalue weighted by Crippen LogP contribution is -2.20. The lowest BCUT2D eigenvalue weighted by Gasteiger charge is -2.23. The minimum Gasteiger partial charge on any atom is -0.497 e. The van der Waals surface area contributed by atoms with Crippen molar-refractivity contribution in [2.45, 2.75) is 32.2 Å². The van der Waals surface area contributed by atoms with E-state index in [4.69, 9.17) is 4.74 Å². The third kappa shape index (κ3) is 2.54. The summed E-state index contributed by atoms with van der Waals surface area (Å²) < 4.78 is 5.20. The summed E-state index contributed by atoms with van der Waals surface area (Å²) in [5, 5.41) is 0. The molecule has 1 heterocycles. The average molecular weight is 245 g/mol. The van der Waals surface area contributed by atoms with Gasteiger partial charge in [-0.1, -0.05) is 25.0 Å². The molecule has 1 aliphatic heterocycles. The lowest BCUT2D eigenvalue weighted by atomic mass is 9.82. The number of ether oxygens (including phenoxy) is 1. The monoisotopic (exact) mass is 245 g/mol. The molecule has 0 radical (unpaired) electrons. The van der Waals surface area contributed by atoms with Crippen LogP contribution in [-0.4, -0.2) is 25.1 Å². The van der Waals surface area contributed by atoms with E-state index in [1.165, 1.54) is 44.3 Å². The zero-order chi connectivity index (χ0) is 12.4. The van der Waals surface area contributed by atoms with Crippen molar-refractivity contribution in [1.29, 1.82) is 0 Å². The van der Waals surface area contributed by atoms with E-state index in [1.54, 1.807) is 7.11 Å². The number of likely N-dealkylation sites (tertiary alicyclic amines) is 1. The van der Waals surface area contributed by atoms with Gasteiger partial charge in [0.1, 0.15) is 5.75 Å². The first-order chi connectivity index (χ1) is 8.85. The maximum atomic E-state index is 5.20.